The standard InChI is InChI=1S/C14H14ClN3O3/c1-9-5-3-4-6-10(9)17-11(19)7-18-8-16-13(15)12(21-2)14(18)20/h3-6,8H,7H2,1-2H3,(H,17,19). The van der Waals surface area contributed by atoms with E-state index in [9.17, 15) is 9.59 Å². The number of ether oxygens (including phenoxy) is 1. The summed E-state index contributed by atoms with van der Waals surface area (Å²) in [6.45, 7) is 1.71. The lowest BCUT2D eigenvalue weighted by atomic mass is 10.2. The maximum atomic E-state index is 12.0. The number of para-hydroxylation sites is 1. The van der Waals surface area contributed by atoms with Gasteiger partial charge < -0.3 is 10.1 Å². The molecule has 1 amide bonds. The fourth-order valence-corrected chi connectivity index (χ4v) is 1.99. The van der Waals surface area contributed by atoms with Crippen LogP contribution in [0.4, 0.5) is 5.69 Å². The summed E-state index contributed by atoms with van der Waals surface area (Å²) >= 11 is 5.74. The highest BCUT2D eigenvalue weighted by atomic mass is 35.5. The second kappa shape index (κ2) is 6.41. The van der Waals surface area contributed by atoms with Crippen LogP contribution in [0.2, 0.25) is 5.15 Å². The summed E-state index contributed by atoms with van der Waals surface area (Å²) in [5.41, 5.74) is 1.13. The molecule has 0 atom stereocenters. The number of hydrogen-bond acceptors (Lipinski definition) is 4. The van der Waals surface area contributed by atoms with Crippen molar-refractivity contribution < 1.29 is 9.53 Å². The Morgan fingerprint density at radius 1 is 1.43 bits per heavy atom. The van der Waals surface area contributed by atoms with Crippen LogP contribution in [0.5, 0.6) is 5.75 Å². The molecular formula is C14H14ClN3O3. The Morgan fingerprint density at radius 2 is 2.14 bits per heavy atom. The van der Waals surface area contributed by atoms with Crippen LogP contribution in [0.15, 0.2) is 35.4 Å². The van der Waals surface area contributed by atoms with Crippen molar-refractivity contribution in [3.05, 3.63) is 51.7 Å². The molecule has 0 aliphatic rings. The molecule has 0 unspecified atom stereocenters. The van der Waals surface area contributed by atoms with Gasteiger partial charge in [0.05, 0.1) is 13.4 Å². The number of anilines is 1. The number of aromatic nitrogens is 2. The second-order valence-corrected chi connectivity index (χ2v) is 4.72. The third-order valence-corrected chi connectivity index (χ3v) is 3.16. The maximum absolute atomic E-state index is 12.0. The molecule has 1 N–H and O–H groups in total. The van der Waals surface area contributed by atoms with Gasteiger partial charge in [0.1, 0.15) is 6.54 Å². The number of nitrogens with zero attached hydrogens (tertiary/aromatic N) is 2. The quantitative estimate of drug-likeness (QED) is 0.875. The van der Waals surface area contributed by atoms with E-state index in [1.54, 1.807) is 6.07 Å². The zero-order chi connectivity index (χ0) is 15.4. The Hall–Kier alpha value is -2.34. The van der Waals surface area contributed by atoms with Gasteiger partial charge in [0.2, 0.25) is 11.7 Å². The highest BCUT2D eigenvalue weighted by molar-refractivity contribution is 6.30. The average molecular weight is 308 g/mol. The number of rotatable bonds is 4. The Kier molecular flexibility index (Phi) is 4.59. The van der Waals surface area contributed by atoms with Crippen LogP contribution in [0.3, 0.4) is 0 Å². The van der Waals surface area contributed by atoms with Crippen molar-refractivity contribution >= 4 is 23.2 Å². The van der Waals surface area contributed by atoms with Crippen LogP contribution in [0, 0.1) is 6.92 Å². The minimum atomic E-state index is -0.502. The van der Waals surface area contributed by atoms with Crippen LogP contribution in [0.25, 0.3) is 0 Å². The molecule has 0 bridgehead atoms. The van der Waals surface area contributed by atoms with Crippen LogP contribution >= 0.6 is 11.6 Å². The number of benzene rings is 1. The highest BCUT2D eigenvalue weighted by Gasteiger charge is 2.13. The van der Waals surface area contributed by atoms with Crippen molar-refractivity contribution in [2.45, 2.75) is 13.5 Å². The summed E-state index contributed by atoms with van der Waals surface area (Å²) in [5.74, 6) is -0.416. The lowest BCUT2D eigenvalue weighted by Crippen LogP contribution is -2.28. The Labute approximate surface area is 126 Å². The first-order valence-electron chi connectivity index (χ1n) is 6.17. The molecule has 2 rings (SSSR count). The number of hydrogen-bond donors (Lipinski definition) is 1. The van der Waals surface area contributed by atoms with Crippen molar-refractivity contribution in [3.63, 3.8) is 0 Å². The molecule has 0 radical (unpaired) electrons. The topological polar surface area (TPSA) is 73.2 Å². The minimum Gasteiger partial charge on any atom is -0.489 e. The molecule has 1 aromatic carbocycles. The van der Waals surface area contributed by atoms with Crippen LogP contribution in [-0.4, -0.2) is 22.6 Å². The minimum absolute atomic E-state index is 0.0296. The van der Waals surface area contributed by atoms with E-state index in [2.05, 4.69) is 10.3 Å². The van der Waals surface area contributed by atoms with E-state index in [0.29, 0.717) is 5.69 Å². The summed E-state index contributed by atoms with van der Waals surface area (Å²) in [6, 6.07) is 7.37. The molecule has 0 saturated heterocycles. The summed E-state index contributed by atoms with van der Waals surface area (Å²) in [4.78, 5) is 27.8. The number of amides is 1. The van der Waals surface area contributed by atoms with Crippen molar-refractivity contribution in [3.8, 4) is 5.75 Å². The average Bonchev–Trinajstić information content (AvgIpc) is 2.45. The monoisotopic (exact) mass is 307 g/mol. The van der Waals surface area contributed by atoms with Crippen LogP contribution < -0.4 is 15.6 Å². The van der Waals surface area contributed by atoms with Gasteiger partial charge in [-0.25, -0.2) is 4.98 Å². The largest absolute Gasteiger partial charge is 0.489 e. The summed E-state index contributed by atoms with van der Waals surface area (Å²) in [5, 5.41) is 2.71. The van der Waals surface area contributed by atoms with E-state index in [0.717, 1.165) is 10.1 Å². The van der Waals surface area contributed by atoms with Gasteiger partial charge in [-0.3, -0.25) is 14.2 Å². The molecule has 7 heteroatoms. The number of carbonyl (C=O) groups is 1. The second-order valence-electron chi connectivity index (χ2n) is 4.36. The van der Waals surface area contributed by atoms with Gasteiger partial charge in [0.15, 0.2) is 5.15 Å². The highest BCUT2D eigenvalue weighted by Crippen LogP contribution is 2.15. The molecule has 2 aromatic rings. The number of methoxy groups -OCH3 is 1. The first-order valence-corrected chi connectivity index (χ1v) is 6.55. The maximum Gasteiger partial charge on any atom is 0.297 e. The molecular weight excluding hydrogens is 294 g/mol. The fourth-order valence-electron chi connectivity index (χ4n) is 1.79. The molecule has 110 valence electrons. The zero-order valence-electron chi connectivity index (χ0n) is 11.6. The van der Waals surface area contributed by atoms with Crippen molar-refractivity contribution in [1.82, 2.24) is 9.55 Å². The molecule has 0 fully saturated rings. The zero-order valence-corrected chi connectivity index (χ0v) is 12.3. The van der Waals surface area contributed by atoms with Gasteiger partial charge in [-0.05, 0) is 18.6 Å². The van der Waals surface area contributed by atoms with Gasteiger partial charge in [0.25, 0.3) is 5.56 Å². The number of nitrogens with one attached hydrogen (secondary N) is 1. The van der Waals surface area contributed by atoms with E-state index < -0.39 is 5.56 Å². The van der Waals surface area contributed by atoms with E-state index in [1.807, 2.05) is 25.1 Å². The molecule has 1 aromatic heterocycles. The van der Waals surface area contributed by atoms with Gasteiger partial charge in [0, 0.05) is 5.69 Å². The molecule has 1 heterocycles. The number of carbonyl (C=O) groups excluding carboxylic acids is 1. The molecule has 0 aliphatic heterocycles. The van der Waals surface area contributed by atoms with Crippen LogP contribution in [-0.2, 0) is 11.3 Å². The summed E-state index contributed by atoms with van der Waals surface area (Å²) in [6.07, 6.45) is 1.21. The first-order chi connectivity index (χ1) is 10.0. The molecule has 21 heavy (non-hydrogen) atoms. The SMILES string of the molecule is COc1c(Cl)ncn(CC(=O)Nc2ccccc2C)c1=O. The van der Waals surface area contributed by atoms with Crippen molar-refractivity contribution in [2.24, 2.45) is 0 Å². The Morgan fingerprint density at radius 3 is 2.81 bits per heavy atom. The fraction of sp³-hybridized carbons (Fsp3) is 0.214. The lowest BCUT2D eigenvalue weighted by Gasteiger charge is -2.10. The predicted octanol–water partition coefficient (Wildman–Crippen LogP) is 1.85. The summed E-state index contributed by atoms with van der Waals surface area (Å²) in [7, 11) is 1.32. The molecule has 6 nitrogen and oxygen atoms in total. The van der Waals surface area contributed by atoms with Crippen LogP contribution in [0.1, 0.15) is 5.56 Å². The van der Waals surface area contributed by atoms with Gasteiger partial charge >= 0.3 is 0 Å². The first kappa shape index (κ1) is 15.1. The van der Waals surface area contributed by atoms with E-state index in [1.165, 1.54) is 13.4 Å². The Bertz CT molecular complexity index is 728. The molecule has 0 aliphatic carbocycles. The van der Waals surface area contributed by atoms with Gasteiger partial charge in [-0.15, -0.1) is 0 Å². The van der Waals surface area contributed by atoms with E-state index in [-0.39, 0.29) is 23.4 Å². The third-order valence-electron chi connectivity index (χ3n) is 2.89. The summed E-state index contributed by atoms with van der Waals surface area (Å²) < 4.78 is 6.01. The predicted molar refractivity (Wildman–Crippen MR) is 79.9 cm³/mol. The van der Waals surface area contributed by atoms with Gasteiger partial charge in [-0.2, -0.15) is 0 Å². The van der Waals surface area contributed by atoms with Crippen molar-refractivity contribution in [2.75, 3.05) is 12.4 Å². The number of halogens is 1. The molecule has 0 spiro atoms. The lowest BCUT2D eigenvalue weighted by molar-refractivity contribution is -0.116. The van der Waals surface area contributed by atoms with Crippen molar-refractivity contribution in [1.29, 1.82) is 0 Å². The van der Waals surface area contributed by atoms with E-state index in [4.69, 9.17) is 16.3 Å². The van der Waals surface area contributed by atoms with E-state index >= 15 is 0 Å². The third kappa shape index (κ3) is 3.41. The Balaban J connectivity index is 2.18. The number of aryl methyl sites for hydroxylation is 1. The smallest absolute Gasteiger partial charge is 0.297 e. The van der Waals surface area contributed by atoms with Gasteiger partial charge in [-0.1, -0.05) is 29.8 Å². The molecule has 0 saturated carbocycles. The normalized spacial score (nSPS) is 10.2.